The number of nitrogen functional groups attached to an aromatic ring is 1. The smallest absolute Gasteiger partial charge is 0.257 e. The maximum absolute atomic E-state index is 13.2. The molecule has 0 heterocycles. The first-order valence-corrected chi connectivity index (χ1v) is 6.13. The van der Waals surface area contributed by atoms with Crippen LogP contribution >= 0.6 is 0 Å². The summed E-state index contributed by atoms with van der Waals surface area (Å²) in [6.07, 6.45) is 0. The molecule has 1 amide bonds. The van der Waals surface area contributed by atoms with Crippen molar-refractivity contribution in [3.05, 3.63) is 53.1 Å². The van der Waals surface area contributed by atoms with Gasteiger partial charge in [0, 0.05) is 17.4 Å². The monoisotopic (exact) mass is 292 g/mol. The van der Waals surface area contributed by atoms with Gasteiger partial charge in [-0.2, -0.15) is 0 Å². The van der Waals surface area contributed by atoms with Gasteiger partial charge in [-0.25, -0.2) is 8.78 Å². The molecule has 3 N–H and O–H groups in total. The van der Waals surface area contributed by atoms with E-state index in [-0.39, 0.29) is 11.3 Å². The van der Waals surface area contributed by atoms with Crippen molar-refractivity contribution in [3.63, 3.8) is 0 Å². The zero-order valence-corrected chi connectivity index (χ0v) is 11.5. The number of nitrogens with two attached hydrogens (primary N) is 1. The Morgan fingerprint density at radius 3 is 2.48 bits per heavy atom. The number of carbonyl (C=O) groups is 1. The largest absolute Gasteiger partial charge is 0.497 e. The molecule has 0 radical (unpaired) electrons. The van der Waals surface area contributed by atoms with Gasteiger partial charge in [-0.3, -0.25) is 4.79 Å². The number of rotatable bonds is 3. The lowest BCUT2D eigenvalue weighted by molar-refractivity contribution is 0.102. The SMILES string of the molecule is COc1ccc(NC(=O)c2cc(F)c(F)cc2N)c(C)c1. The molecule has 2 aromatic carbocycles. The van der Waals surface area contributed by atoms with E-state index in [4.69, 9.17) is 10.5 Å². The zero-order valence-electron chi connectivity index (χ0n) is 11.5. The van der Waals surface area contributed by atoms with Crippen LogP contribution in [-0.4, -0.2) is 13.0 Å². The van der Waals surface area contributed by atoms with Gasteiger partial charge in [0.1, 0.15) is 5.75 Å². The quantitative estimate of drug-likeness (QED) is 0.854. The normalized spacial score (nSPS) is 10.3. The van der Waals surface area contributed by atoms with E-state index < -0.39 is 17.5 Å². The van der Waals surface area contributed by atoms with E-state index >= 15 is 0 Å². The molecule has 0 saturated heterocycles. The van der Waals surface area contributed by atoms with Crippen LogP contribution in [0.1, 0.15) is 15.9 Å². The van der Waals surface area contributed by atoms with Crippen LogP contribution in [0.25, 0.3) is 0 Å². The van der Waals surface area contributed by atoms with Gasteiger partial charge in [0.15, 0.2) is 11.6 Å². The summed E-state index contributed by atoms with van der Waals surface area (Å²) in [5, 5.41) is 2.60. The van der Waals surface area contributed by atoms with Crippen molar-refractivity contribution in [1.82, 2.24) is 0 Å². The fourth-order valence-corrected chi connectivity index (χ4v) is 1.85. The Bertz CT molecular complexity index is 702. The number of carbonyl (C=O) groups excluding carboxylic acids is 1. The minimum absolute atomic E-state index is 0.121. The molecule has 0 fully saturated rings. The second-order valence-corrected chi connectivity index (χ2v) is 4.49. The molecule has 0 aliphatic rings. The fourth-order valence-electron chi connectivity index (χ4n) is 1.85. The molecule has 21 heavy (non-hydrogen) atoms. The standard InChI is InChI=1S/C15H14F2N2O2/c1-8-5-9(21-2)3-4-14(8)19-15(20)10-6-11(16)12(17)7-13(10)18/h3-7H,18H2,1-2H3,(H,19,20). The lowest BCUT2D eigenvalue weighted by atomic mass is 10.1. The third-order valence-corrected chi connectivity index (χ3v) is 3.02. The van der Waals surface area contributed by atoms with Gasteiger partial charge < -0.3 is 15.8 Å². The summed E-state index contributed by atoms with van der Waals surface area (Å²) in [6.45, 7) is 1.78. The van der Waals surface area contributed by atoms with Crippen LogP contribution < -0.4 is 15.8 Å². The minimum Gasteiger partial charge on any atom is -0.497 e. The molecule has 0 aliphatic heterocycles. The highest BCUT2D eigenvalue weighted by Crippen LogP contribution is 2.23. The lowest BCUT2D eigenvalue weighted by Crippen LogP contribution is -2.15. The van der Waals surface area contributed by atoms with Crippen molar-refractivity contribution in [2.45, 2.75) is 6.92 Å². The Morgan fingerprint density at radius 2 is 1.86 bits per heavy atom. The summed E-state index contributed by atoms with van der Waals surface area (Å²) in [5.74, 6) is -2.18. The van der Waals surface area contributed by atoms with Crippen LogP contribution in [0.15, 0.2) is 30.3 Å². The van der Waals surface area contributed by atoms with E-state index in [9.17, 15) is 13.6 Å². The molecule has 0 atom stereocenters. The highest BCUT2D eigenvalue weighted by Gasteiger charge is 2.15. The predicted molar refractivity (Wildman–Crippen MR) is 76.5 cm³/mol. The first-order valence-electron chi connectivity index (χ1n) is 6.13. The van der Waals surface area contributed by atoms with Crippen molar-refractivity contribution in [1.29, 1.82) is 0 Å². The predicted octanol–water partition coefficient (Wildman–Crippen LogP) is 3.12. The number of hydrogen-bond donors (Lipinski definition) is 2. The average molecular weight is 292 g/mol. The number of methoxy groups -OCH3 is 1. The molecule has 4 nitrogen and oxygen atoms in total. The summed E-state index contributed by atoms with van der Waals surface area (Å²) in [5.41, 5.74) is 6.59. The lowest BCUT2D eigenvalue weighted by Gasteiger charge is -2.11. The fraction of sp³-hybridized carbons (Fsp3) is 0.133. The van der Waals surface area contributed by atoms with Crippen LogP contribution in [0.2, 0.25) is 0 Å². The van der Waals surface area contributed by atoms with Crippen molar-refractivity contribution in [2.75, 3.05) is 18.2 Å². The minimum atomic E-state index is -1.12. The van der Waals surface area contributed by atoms with Crippen molar-refractivity contribution < 1.29 is 18.3 Å². The second-order valence-electron chi connectivity index (χ2n) is 4.49. The maximum Gasteiger partial charge on any atom is 0.257 e. The van der Waals surface area contributed by atoms with Gasteiger partial charge in [0.2, 0.25) is 0 Å². The number of anilines is 2. The summed E-state index contributed by atoms with van der Waals surface area (Å²) in [4.78, 5) is 12.1. The number of benzene rings is 2. The molecule has 0 unspecified atom stereocenters. The second kappa shape index (κ2) is 5.78. The Kier molecular flexibility index (Phi) is 4.07. The van der Waals surface area contributed by atoms with E-state index in [1.165, 1.54) is 7.11 Å². The molecule has 0 aromatic heterocycles. The van der Waals surface area contributed by atoms with Crippen LogP contribution in [-0.2, 0) is 0 Å². The summed E-state index contributed by atoms with van der Waals surface area (Å²) in [7, 11) is 1.54. The molecule has 0 aliphatic carbocycles. The van der Waals surface area contributed by atoms with E-state index in [2.05, 4.69) is 5.32 Å². The molecule has 6 heteroatoms. The molecule has 0 spiro atoms. The van der Waals surface area contributed by atoms with E-state index in [1.54, 1.807) is 25.1 Å². The van der Waals surface area contributed by atoms with Gasteiger partial charge in [-0.15, -0.1) is 0 Å². The Morgan fingerprint density at radius 1 is 1.19 bits per heavy atom. The van der Waals surface area contributed by atoms with Crippen LogP contribution in [0, 0.1) is 18.6 Å². The van der Waals surface area contributed by atoms with Crippen molar-refractivity contribution in [2.24, 2.45) is 0 Å². The topological polar surface area (TPSA) is 64.3 Å². The van der Waals surface area contributed by atoms with Crippen molar-refractivity contribution >= 4 is 17.3 Å². The molecule has 0 bridgehead atoms. The number of nitrogens with one attached hydrogen (secondary N) is 1. The molecular weight excluding hydrogens is 278 g/mol. The van der Waals surface area contributed by atoms with Crippen LogP contribution in [0.5, 0.6) is 5.75 Å². The third kappa shape index (κ3) is 3.10. The Labute approximate surface area is 120 Å². The molecule has 0 saturated carbocycles. The van der Waals surface area contributed by atoms with Crippen molar-refractivity contribution in [3.8, 4) is 5.75 Å². The maximum atomic E-state index is 13.2. The third-order valence-electron chi connectivity index (χ3n) is 3.02. The average Bonchev–Trinajstić information content (AvgIpc) is 2.44. The number of amides is 1. The van der Waals surface area contributed by atoms with Gasteiger partial charge in [-0.05, 0) is 36.8 Å². The summed E-state index contributed by atoms with van der Waals surface area (Å²) >= 11 is 0. The first kappa shape index (κ1) is 14.8. The van der Waals surface area contributed by atoms with E-state index in [1.807, 2.05) is 0 Å². The van der Waals surface area contributed by atoms with Gasteiger partial charge in [0.05, 0.1) is 12.7 Å². The van der Waals surface area contributed by atoms with E-state index in [0.29, 0.717) is 11.4 Å². The van der Waals surface area contributed by atoms with Gasteiger partial charge >= 0.3 is 0 Å². The first-order chi connectivity index (χ1) is 9.92. The number of hydrogen-bond acceptors (Lipinski definition) is 3. The highest BCUT2D eigenvalue weighted by atomic mass is 19.2. The molecule has 2 aromatic rings. The number of aryl methyl sites for hydroxylation is 1. The molecule has 110 valence electrons. The summed E-state index contributed by atoms with van der Waals surface area (Å²) in [6, 6.07) is 6.63. The zero-order chi connectivity index (χ0) is 15.6. The van der Waals surface area contributed by atoms with Gasteiger partial charge in [-0.1, -0.05) is 0 Å². The highest BCUT2D eigenvalue weighted by molar-refractivity contribution is 6.08. The number of ether oxygens (including phenoxy) is 1. The van der Waals surface area contributed by atoms with E-state index in [0.717, 1.165) is 17.7 Å². The van der Waals surface area contributed by atoms with Crippen LogP contribution in [0.3, 0.4) is 0 Å². The molecule has 2 rings (SSSR count). The molecular formula is C15H14F2N2O2. The summed E-state index contributed by atoms with van der Waals surface area (Å²) < 4.78 is 31.3. The Hall–Kier alpha value is -2.63. The number of halogens is 2. The van der Waals surface area contributed by atoms with Crippen LogP contribution in [0.4, 0.5) is 20.2 Å². The Balaban J connectivity index is 2.28. The van der Waals surface area contributed by atoms with Gasteiger partial charge in [0.25, 0.3) is 5.91 Å².